The van der Waals surface area contributed by atoms with E-state index in [1.54, 1.807) is 6.07 Å². The summed E-state index contributed by atoms with van der Waals surface area (Å²) in [4.78, 5) is 0. The molecule has 0 saturated carbocycles. The molecule has 0 unspecified atom stereocenters. The monoisotopic (exact) mass is 333 g/mol. The van der Waals surface area contributed by atoms with Crippen LogP contribution >= 0.6 is 15.9 Å². The zero-order valence-corrected chi connectivity index (χ0v) is 12.5. The predicted octanol–water partition coefficient (Wildman–Crippen LogP) is 3.14. The van der Waals surface area contributed by atoms with E-state index >= 15 is 0 Å². The zero-order valence-electron chi connectivity index (χ0n) is 10.9. The van der Waals surface area contributed by atoms with Gasteiger partial charge in [-0.05, 0) is 51.7 Å². The van der Waals surface area contributed by atoms with Gasteiger partial charge in [-0.15, -0.1) is 0 Å². The maximum Gasteiger partial charge on any atom is 0.172 e. The van der Waals surface area contributed by atoms with E-state index in [-0.39, 0.29) is 17.4 Å². The van der Waals surface area contributed by atoms with Crippen molar-refractivity contribution in [3.8, 4) is 11.5 Å². The molecule has 3 nitrogen and oxygen atoms in total. The first kappa shape index (κ1) is 13.5. The molecule has 0 aliphatic carbocycles. The highest BCUT2D eigenvalue weighted by molar-refractivity contribution is 9.10. The number of halogens is 1. The van der Waals surface area contributed by atoms with Crippen molar-refractivity contribution in [2.45, 2.75) is 12.3 Å². The molecule has 3 rings (SSSR count). The Balaban J connectivity index is 2.17. The Kier molecular flexibility index (Phi) is 3.68. The third-order valence-corrected chi connectivity index (χ3v) is 4.69. The van der Waals surface area contributed by atoms with Crippen molar-refractivity contribution in [2.24, 2.45) is 0 Å². The largest absolute Gasteiger partial charge is 0.504 e. The molecule has 1 atom stereocenters. The van der Waals surface area contributed by atoms with E-state index < -0.39 is 0 Å². The van der Waals surface area contributed by atoms with Gasteiger partial charge < -0.3 is 15.5 Å². The summed E-state index contributed by atoms with van der Waals surface area (Å²) in [5.74, 6) is 0.0346. The molecule has 0 aromatic heterocycles. The fourth-order valence-electron chi connectivity index (χ4n) is 2.80. The van der Waals surface area contributed by atoms with Crippen LogP contribution in [0.3, 0.4) is 0 Å². The van der Waals surface area contributed by atoms with E-state index in [9.17, 15) is 10.2 Å². The number of rotatable bonds is 1. The molecule has 2 aromatic carbocycles. The summed E-state index contributed by atoms with van der Waals surface area (Å²) in [6.45, 7) is 1.69. The highest BCUT2D eigenvalue weighted by Gasteiger charge is 2.24. The lowest BCUT2D eigenvalue weighted by molar-refractivity contribution is 0.400. The molecule has 0 fully saturated rings. The van der Waals surface area contributed by atoms with Crippen LogP contribution in [0, 0.1) is 0 Å². The van der Waals surface area contributed by atoms with Gasteiger partial charge in [-0.25, -0.2) is 0 Å². The van der Waals surface area contributed by atoms with Gasteiger partial charge in [0.25, 0.3) is 0 Å². The van der Waals surface area contributed by atoms with E-state index in [0.717, 1.165) is 30.6 Å². The third-order valence-electron chi connectivity index (χ3n) is 3.83. The van der Waals surface area contributed by atoms with E-state index in [1.807, 2.05) is 18.2 Å². The predicted molar refractivity (Wildman–Crippen MR) is 82.3 cm³/mol. The Bertz CT molecular complexity index is 628. The number of nitrogens with one attached hydrogen (secondary N) is 1. The van der Waals surface area contributed by atoms with Crippen LogP contribution in [0.25, 0.3) is 0 Å². The summed E-state index contributed by atoms with van der Waals surface area (Å²) < 4.78 is 0.608. The molecular weight excluding hydrogens is 318 g/mol. The van der Waals surface area contributed by atoms with Crippen molar-refractivity contribution in [3.05, 3.63) is 57.6 Å². The number of phenols is 2. The Morgan fingerprint density at radius 1 is 1.15 bits per heavy atom. The van der Waals surface area contributed by atoms with Gasteiger partial charge in [0.05, 0.1) is 4.47 Å². The minimum absolute atomic E-state index is 0.0709. The standard InChI is InChI=1S/C16H16BrNO2/c17-15-11-6-7-18-9-13(10-4-2-1-3-5-10)12(11)8-14(19)16(15)20/h1-5,8,13,18-20H,6-7,9H2/t13-/m0/s1. The van der Waals surface area contributed by atoms with Crippen molar-refractivity contribution < 1.29 is 10.2 Å². The number of aromatic hydroxyl groups is 2. The summed E-state index contributed by atoms with van der Waals surface area (Å²) in [6, 6.07) is 11.9. The van der Waals surface area contributed by atoms with Crippen molar-refractivity contribution in [1.29, 1.82) is 0 Å². The summed E-state index contributed by atoms with van der Waals surface area (Å²) >= 11 is 3.41. The van der Waals surface area contributed by atoms with Crippen LogP contribution in [0.5, 0.6) is 11.5 Å². The van der Waals surface area contributed by atoms with Crippen LogP contribution in [0.1, 0.15) is 22.6 Å². The van der Waals surface area contributed by atoms with Gasteiger partial charge in [0, 0.05) is 12.5 Å². The first-order valence-corrected chi connectivity index (χ1v) is 7.46. The maximum absolute atomic E-state index is 9.91. The van der Waals surface area contributed by atoms with Crippen LogP contribution in [0.15, 0.2) is 40.9 Å². The number of fused-ring (bicyclic) bond motifs is 1. The average Bonchev–Trinajstić information content (AvgIpc) is 2.68. The summed E-state index contributed by atoms with van der Waals surface area (Å²) in [6.07, 6.45) is 0.826. The zero-order chi connectivity index (χ0) is 14.1. The van der Waals surface area contributed by atoms with Crippen molar-refractivity contribution in [1.82, 2.24) is 5.32 Å². The third kappa shape index (κ3) is 2.30. The normalized spacial score (nSPS) is 18.4. The average molecular weight is 334 g/mol. The lowest BCUT2D eigenvalue weighted by Crippen LogP contribution is -2.20. The van der Waals surface area contributed by atoms with Gasteiger partial charge in [0.1, 0.15) is 0 Å². The van der Waals surface area contributed by atoms with Gasteiger partial charge in [-0.2, -0.15) is 0 Å². The van der Waals surface area contributed by atoms with Gasteiger partial charge in [-0.1, -0.05) is 30.3 Å². The topological polar surface area (TPSA) is 52.5 Å². The van der Waals surface area contributed by atoms with Gasteiger partial charge in [0.2, 0.25) is 0 Å². The molecule has 0 saturated heterocycles. The maximum atomic E-state index is 9.91. The fraction of sp³-hybridized carbons (Fsp3) is 0.250. The number of hydrogen-bond donors (Lipinski definition) is 3. The van der Waals surface area contributed by atoms with Crippen LogP contribution in [-0.4, -0.2) is 23.3 Å². The summed E-state index contributed by atoms with van der Waals surface area (Å²) in [7, 11) is 0. The highest BCUT2D eigenvalue weighted by Crippen LogP contribution is 2.42. The van der Waals surface area contributed by atoms with Crippen LogP contribution < -0.4 is 5.32 Å². The highest BCUT2D eigenvalue weighted by atomic mass is 79.9. The SMILES string of the molecule is Oc1cc2c(c(Br)c1O)CCNC[C@H]2c1ccccc1. The first-order chi connectivity index (χ1) is 9.68. The quantitative estimate of drug-likeness (QED) is 0.703. The van der Waals surface area contributed by atoms with Crippen molar-refractivity contribution in [3.63, 3.8) is 0 Å². The smallest absolute Gasteiger partial charge is 0.172 e. The molecular formula is C16H16BrNO2. The molecule has 20 heavy (non-hydrogen) atoms. The lowest BCUT2D eigenvalue weighted by atomic mass is 9.88. The summed E-state index contributed by atoms with van der Waals surface area (Å²) in [5, 5.41) is 23.2. The van der Waals surface area contributed by atoms with E-state index in [0.29, 0.717) is 4.47 Å². The Morgan fingerprint density at radius 2 is 1.90 bits per heavy atom. The molecule has 1 heterocycles. The molecule has 4 heteroatoms. The molecule has 104 valence electrons. The minimum Gasteiger partial charge on any atom is -0.504 e. The van der Waals surface area contributed by atoms with Crippen LogP contribution in [0.2, 0.25) is 0 Å². The molecule has 3 N–H and O–H groups in total. The second-order valence-corrected chi connectivity index (χ2v) is 5.84. The minimum atomic E-state index is -0.0718. The number of hydrogen-bond acceptors (Lipinski definition) is 3. The molecule has 0 bridgehead atoms. The Hall–Kier alpha value is -1.52. The molecule has 0 amide bonds. The molecule has 0 spiro atoms. The Labute approximate surface area is 126 Å². The second-order valence-electron chi connectivity index (χ2n) is 5.04. The van der Waals surface area contributed by atoms with Crippen molar-refractivity contribution in [2.75, 3.05) is 13.1 Å². The first-order valence-electron chi connectivity index (χ1n) is 6.67. The second kappa shape index (κ2) is 5.46. The van der Waals surface area contributed by atoms with E-state index in [2.05, 4.69) is 33.4 Å². The van der Waals surface area contributed by atoms with Crippen LogP contribution in [-0.2, 0) is 6.42 Å². The molecule has 0 radical (unpaired) electrons. The van der Waals surface area contributed by atoms with E-state index in [4.69, 9.17) is 0 Å². The Morgan fingerprint density at radius 3 is 2.65 bits per heavy atom. The molecule has 2 aromatic rings. The number of phenolic OH excluding ortho intramolecular Hbond substituents is 2. The molecule has 1 aliphatic rings. The van der Waals surface area contributed by atoms with Crippen LogP contribution in [0.4, 0.5) is 0 Å². The van der Waals surface area contributed by atoms with E-state index in [1.165, 1.54) is 5.56 Å². The van der Waals surface area contributed by atoms with Gasteiger partial charge in [-0.3, -0.25) is 0 Å². The summed E-state index contributed by atoms with van der Waals surface area (Å²) in [5.41, 5.74) is 3.35. The lowest BCUT2D eigenvalue weighted by Gasteiger charge is -2.20. The van der Waals surface area contributed by atoms with Crippen molar-refractivity contribution >= 4 is 15.9 Å². The van der Waals surface area contributed by atoms with Gasteiger partial charge in [0.15, 0.2) is 11.5 Å². The number of benzene rings is 2. The van der Waals surface area contributed by atoms with Gasteiger partial charge >= 0.3 is 0 Å². The molecule has 1 aliphatic heterocycles. The fourth-order valence-corrected chi connectivity index (χ4v) is 3.43.